The molecule has 3 heterocycles. The lowest BCUT2D eigenvalue weighted by Gasteiger charge is -2.33. The van der Waals surface area contributed by atoms with Crippen molar-refractivity contribution in [3.8, 4) is 0 Å². The minimum absolute atomic E-state index is 0.282. The third-order valence-corrected chi connectivity index (χ3v) is 5.74. The number of cyclic esters (lactones) is 1. The SMILES string of the molecule is O=C1OCCN1c1cccc2c1CCN(c1ccc3c(Cl)ccnc3c1F)C2. The summed E-state index contributed by atoms with van der Waals surface area (Å²) in [6, 6.07) is 11.1. The summed E-state index contributed by atoms with van der Waals surface area (Å²) in [4.78, 5) is 19.8. The van der Waals surface area contributed by atoms with Crippen LogP contribution in [0.1, 0.15) is 11.1 Å². The molecule has 0 bridgehead atoms. The van der Waals surface area contributed by atoms with Crippen molar-refractivity contribution in [2.24, 2.45) is 0 Å². The molecular weight excluding hydrogens is 381 g/mol. The summed E-state index contributed by atoms with van der Waals surface area (Å²) >= 11 is 6.16. The fraction of sp³-hybridized carbons (Fsp3) is 0.238. The van der Waals surface area contributed by atoms with E-state index >= 15 is 4.39 Å². The molecule has 7 heteroatoms. The first kappa shape index (κ1) is 17.3. The van der Waals surface area contributed by atoms with Crippen LogP contribution in [0.25, 0.3) is 10.9 Å². The maximum Gasteiger partial charge on any atom is 0.414 e. The standard InChI is InChI=1S/C21H17ClFN3O2/c22-16-6-8-24-20-15(16)4-5-18(19(20)23)25-9-7-14-13(12-25)2-1-3-17(14)26-10-11-28-21(26)27/h1-6,8H,7,9-12H2. The number of hydrogen-bond acceptors (Lipinski definition) is 4. The van der Waals surface area contributed by atoms with Gasteiger partial charge in [-0.05, 0) is 41.8 Å². The van der Waals surface area contributed by atoms with Crippen molar-refractivity contribution in [1.82, 2.24) is 4.98 Å². The van der Waals surface area contributed by atoms with E-state index in [1.807, 2.05) is 29.2 Å². The Labute approximate surface area is 166 Å². The fourth-order valence-corrected chi connectivity index (χ4v) is 4.25. The van der Waals surface area contributed by atoms with E-state index in [9.17, 15) is 4.79 Å². The van der Waals surface area contributed by atoms with Crippen LogP contribution in [0.3, 0.4) is 0 Å². The van der Waals surface area contributed by atoms with E-state index in [0.29, 0.717) is 42.3 Å². The minimum Gasteiger partial charge on any atom is -0.447 e. The zero-order valence-corrected chi connectivity index (χ0v) is 15.7. The highest BCUT2D eigenvalue weighted by Crippen LogP contribution is 2.35. The lowest BCUT2D eigenvalue weighted by molar-refractivity contribution is 0.181. The second kappa shape index (κ2) is 6.63. The van der Waals surface area contributed by atoms with E-state index in [1.54, 1.807) is 17.0 Å². The average molecular weight is 398 g/mol. The van der Waals surface area contributed by atoms with Crippen LogP contribution in [0, 0.1) is 5.82 Å². The minimum atomic E-state index is -0.359. The van der Waals surface area contributed by atoms with Gasteiger partial charge in [-0.15, -0.1) is 0 Å². The normalized spacial score (nSPS) is 16.4. The molecule has 1 amide bonds. The Bertz CT molecular complexity index is 1100. The number of halogens is 2. The quantitative estimate of drug-likeness (QED) is 0.636. The number of rotatable bonds is 2. The molecule has 1 fully saturated rings. The van der Waals surface area contributed by atoms with Gasteiger partial charge in [-0.2, -0.15) is 0 Å². The Morgan fingerprint density at radius 1 is 1.11 bits per heavy atom. The highest BCUT2D eigenvalue weighted by Gasteiger charge is 2.29. The molecule has 0 N–H and O–H groups in total. The van der Waals surface area contributed by atoms with Crippen molar-refractivity contribution in [3.63, 3.8) is 0 Å². The second-order valence-corrected chi connectivity index (χ2v) is 7.35. The number of pyridine rings is 1. The third-order valence-electron chi connectivity index (χ3n) is 5.41. The van der Waals surface area contributed by atoms with Crippen LogP contribution < -0.4 is 9.80 Å². The zero-order chi connectivity index (χ0) is 19.3. The van der Waals surface area contributed by atoms with Crippen molar-refractivity contribution < 1.29 is 13.9 Å². The van der Waals surface area contributed by atoms with Gasteiger partial charge in [-0.3, -0.25) is 9.88 Å². The fourth-order valence-electron chi connectivity index (χ4n) is 4.04. The number of amides is 1. The number of carbonyl (C=O) groups excluding carboxylic acids is 1. The molecule has 0 radical (unpaired) electrons. The van der Waals surface area contributed by atoms with Gasteiger partial charge >= 0.3 is 6.09 Å². The zero-order valence-electron chi connectivity index (χ0n) is 15.0. The van der Waals surface area contributed by atoms with Crippen LogP contribution >= 0.6 is 11.6 Å². The average Bonchev–Trinajstić information content (AvgIpc) is 3.14. The van der Waals surface area contributed by atoms with Crippen LogP contribution in [0.15, 0.2) is 42.6 Å². The number of nitrogens with zero attached hydrogens (tertiary/aromatic N) is 3. The Balaban J connectivity index is 1.51. The number of anilines is 2. The van der Waals surface area contributed by atoms with Crippen molar-refractivity contribution in [2.45, 2.75) is 13.0 Å². The summed E-state index contributed by atoms with van der Waals surface area (Å²) in [6.45, 7) is 2.18. The molecule has 3 aromatic rings. The molecule has 2 aromatic carbocycles. The van der Waals surface area contributed by atoms with Crippen LogP contribution in [0.5, 0.6) is 0 Å². The summed E-state index contributed by atoms with van der Waals surface area (Å²) in [7, 11) is 0. The smallest absolute Gasteiger partial charge is 0.414 e. The Morgan fingerprint density at radius 3 is 2.82 bits per heavy atom. The van der Waals surface area contributed by atoms with Gasteiger partial charge in [0.1, 0.15) is 12.1 Å². The molecule has 0 saturated carbocycles. The molecule has 1 saturated heterocycles. The van der Waals surface area contributed by atoms with E-state index in [2.05, 4.69) is 4.98 Å². The lowest BCUT2D eigenvalue weighted by atomic mass is 9.96. The van der Waals surface area contributed by atoms with Crippen LogP contribution in [-0.4, -0.2) is 30.8 Å². The summed E-state index contributed by atoms with van der Waals surface area (Å²) in [5.41, 5.74) is 3.90. The lowest BCUT2D eigenvalue weighted by Crippen LogP contribution is -2.33. The van der Waals surface area contributed by atoms with Gasteiger partial charge in [0.25, 0.3) is 0 Å². The maximum atomic E-state index is 15.2. The molecule has 0 atom stereocenters. The maximum absolute atomic E-state index is 15.2. The first-order valence-electron chi connectivity index (χ1n) is 9.16. The number of carbonyl (C=O) groups is 1. The largest absolute Gasteiger partial charge is 0.447 e. The predicted octanol–water partition coefficient (Wildman–Crippen LogP) is 4.55. The Kier molecular flexibility index (Phi) is 4.09. The third kappa shape index (κ3) is 2.67. The van der Waals surface area contributed by atoms with Crippen LogP contribution in [-0.2, 0) is 17.7 Å². The molecule has 0 aliphatic carbocycles. The molecule has 2 aliphatic heterocycles. The molecule has 0 spiro atoms. The molecule has 0 unspecified atom stereocenters. The molecule has 142 valence electrons. The molecule has 28 heavy (non-hydrogen) atoms. The van der Waals surface area contributed by atoms with Gasteiger partial charge in [0.15, 0.2) is 5.82 Å². The number of ether oxygens (including phenoxy) is 1. The van der Waals surface area contributed by atoms with E-state index in [1.165, 1.54) is 6.20 Å². The van der Waals surface area contributed by atoms with E-state index in [0.717, 1.165) is 23.2 Å². The van der Waals surface area contributed by atoms with Crippen LogP contribution in [0.2, 0.25) is 5.02 Å². The second-order valence-electron chi connectivity index (χ2n) is 6.94. The van der Waals surface area contributed by atoms with Gasteiger partial charge < -0.3 is 9.64 Å². The summed E-state index contributed by atoms with van der Waals surface area (Å²) in [5.74, 6) is -0.359. The van der Waals surface area contributed by atoms with E-state index in [-0.39, 0.29) is 17.4 Å². The molecule has 5 rings (SSSR count). The Hall–Kier alpha value is -2.86. The van der Waals surface area contributed by atoms with Crippen molar-refractivity contribution >= 4 is 40.0 Å². The van der Waals surface area contributed by atoms with Crippen molar-refractivity contribution in [3.05, 3.63) is 64.6 Å². The molecule has 5 nitrogen and oxygen atoms in total. The van der Waals surface area contributed by atoms with Gasteiger partial charge in [0, 0.05) is 24.7 Å². The number of fused-ring (bicyclic) bond motifs is 2. The summed E-state index contributed by atoms with van der Waals surface area (Å²) in [6.07, 6.45) is 1.93. The number of hydrogen-bond donors (Lipinski definition) is 0. The molecule has 1 aromatic heterocycles. The first-order valence-corrected chi connectivity index (χ1v) is 9.54. The van der Waals surface area contributed by atoms with Crippen molar-refractivity contribution in [1.29, 1.82) is 0 Å². The van der Waals surface area contributed by atoms with Gasteiger partial charge in [-0.1, -0.05) is 23.7 Å². The van der Waals surface area contributed by atoms with E-state index < -0.39 is 0 Å². The number of benzene rings is 2. The predicted molar refractivity (Wildman–Crippen MR) is 107 cm³/mol. The molecular formula is C21H17ClFN3O2. The monoisotopic (exact) mass is 397 g/mol. The van der Waals surface area contributed by atoms with Crippen molar-refractivity contribution in [2.75, 3.05) is 29.5 Å². The number of aromatic nitrogens is 1. The molecule has 2 aliphatic rings. The highest BCUT2D eigenvalue weighted by atomic mass is 35.5. The first-order chi connectivity index (χ1) is 13.6. The van der Waals surface area contributed by atoms with Gasteiger partial charge in [0.2, 0.25) is 0 Å². The Morgan fingerprint density at radius 2 is 2.00 bits per heavy atom. The topological polar surface area (TPSA) is 45.7 Å². The van der Waals surface area contributed by atoms with Gasteiger partial charge in [0.05, 0.1) is 22.9 Å². The van der Waals surface area contributed by atoms with E-state index in [4.69, 9.17) is 16.3 Å². The summed E-state index contributed by atoms with van der Waals surface area (Å²) in [5, 5.41) is 1.10. The van der Waals surface area contributed by atoms with Gasteiger partial charge in [-0.25, -0.2) is 9.18 Å². The van der Waals surface area contributed by atoms with Crippen LogP contribution in [0.4, 0.5) is 20.6 Å². The summed E-state index contributed by atoms with van der Waals surface area (Å²) < 4.78 is 20.2. The highest BCUT2D eigenvalue weighted by molar-refractivity contribution is 6.35.